The molecule has 0 aromatic carbocycles. The fourth-order valence-electron chi connectivity index (χ4n) is 2.93. The van der Waals surface area contributed by atoms with Crippen molar-refractivity contribution in [2.45, 2.75) is 32.2 Å². The molecular formula is C13H21N3O. The molecule has 0 bridgehead atoms. The summed E-state index contributed by atoms with van der Waals surface area (Å²) >= 11 is 0. The van der Waals surface area contributed by atoms with Gasteiger partial charge in [0, 0.05) is 12.4 Å². The summed E-state index contributed by atoms with van der Waals surface area (Å²) in [5.41, 5.74) is 0.941. The Morgan fingerprint density at radius 1 is 1.35 bits per heavy atom. The minimum atomic E-state index is 0.246. The minimum absolute atomic E-state index is 0.246. The Morgan fingerprint density at radius 3 is 2.71 bits per heavy atom. The first-order valence-electron chi connectivity index (χ1n) is 6.30. The van der Waals surface area contributed by atoms with Crippen molar-refractivity contribution in [1.82, 2.24) is 15.3 Å². The number of aromatic nitrogens is 2. The number of ether oxygens (including phenoxy) is 1. The maximum absolute atomic E-state index is 5.31. The smallest absolute Gasteiger partial charge is 0.237 e. The Kier molecular flexibility index (Phi) is 3.94. The first kappa shape index (κ1) is 12.3. The average Bonchev–Trinajstić information content (AvgIpc) is 2.78. The molecule has 1 fully saturated rings. The SMILES string of the molecule is CNC(c1nccnc1OC)C1CCCC1C. The molecule has 0 amide bonds. The molecule has 1 N–H and O–H groups in total. The normalized spacial score (nSPS) is 25.8. The summed E-state index contributed by atoms with van der Waals surface area (Å²) in [5, 5.41) is 3.38. The van der Waals surface area contributed by atoms with E-state index in [1.807, 2.05) is 7.05 Å². The fraction of sp³-hybridized carbons (Fsp3) is 0.692. The molecule has 1 aromatic rings. The quantitative estimate of drug-likeness (QED) is 0.869. The van der Waals surface area contributed by atoms with Crippen molar-refractivity contribution in [3.8, 4) is 5.88 Å². The largest absolute Gasteiger partial charge is 0.480 e. The second kappa shape index (κ2) is 5.45. The maximum Gasteiger partial charge on any atom is 0.237 e. The molecule has 0 aliphatic heterocycles. The Balaban J connectivity index is 2.28. The highest BCUT2D eigenvalue weighted by Crippen LogP contribution is 2.40. The standard InChI is InChI=1S/C13H21N3O/c1-9-5-4-6-10(9)11(14-2)12-13(17-3)16-8-7-15-12/h7-11,14H,4-6H2,1-3H3. The Labute approximate surface area is 103 Å². The molecule has 0 radical (unpaired) electrons. The monoisotopic (exact) mass is 235 g/mol. The number of hydrogen-bond acceptors (Lipinski definition) is 4. The van der Waals surface area contributed by atoms with E-state index in [0.29, 0.717) is 11.8 Å². The fourth-order valence-corrected chi connectivity index (χ4v) is 2.93. The van der Waals surface area contributed by atoms with Gasteiger partial charge in [-0.05, 0) is 25.3 Å². The van der Waals surface area contributed by atoms with Crippen LogP contribution in [0.5, 0.6) is 5.88 Å². The van der Waals surface area contributed by atoms with Crippen LogP contribution in [-0.4, -0.2) is 24.1 Å². The molecule has 1 aliphatic carbocycles. The lowest BCUT2D eigenvalue weighted by atomic mass is 9.88. The van der Waals surface area contributed by atoms with E-state index in [1.165, 1.54) is 19.3 Å². The van der Waals surface area contributed by atoms with Crippen LogP contribution < -0.4 is 10.1 Å². The Hall–Kier alpha value is -1.16. The first-order valence-corrected chi connectivity index (χ1v) is 6.30. The van der Waals surface area contributed by atoms with E-state index in [2.05, 4.69) is 22.2 Å². The second-order valence-corrected chi connectivity index (χ2v) is 4.79. The number of nitrogens with one attached hydrogen (secondary N) is 1. The van der Waals surface area contributed by atoms with E-state index in [-0.39, 0.29) is 6.04 Å². The van der Waals surface area contributed by atoms with Crippen LogP contribution >= 0.6 is 0 Å². The van der Waals surface area contributed by atoms with Crippen molar-refractivity contribution in [3.63, 3.8) is 0 Å². The lowest BCUT2D eigenvalue weighted by molar-refractivity contribution is 0.295. The summed E-state index contributed by atoms with van der Waals surface area (Å²) < 4.78 is 5.31. The number of methoxy groups -OCH3 is 1. The zero-order valence-electron chi connectivity index (χ0n) is 10.8. The van der Waals surface area contributed by atoms with Crippen molar-refractivity contribution in [2.24, 2.45) is 11.8 Å². The third-order valence-electron chi connectivity index (χ3n) is 3.85. The van der Waals surface area contributed by atoms with Gasteiger partial charge in [0.25, 0.3) is 0 Å². The number of hydrogen-bond donors (Lipinski definition) is 1. The Morgan fingerprint density at radius 2 is 2.12 bits per heavy atom. The van der Waals surface area contributed by atoms with E-state index in [0.717, 1.165) is 11.6 Å². The van der Waals surface area contributed by atoms with Gasteiger partial charge in [0.2, 0.25) is 5.88 Å². The Bertz CT molecular complexity index is 369. The predicted octanol–water partition coefficient (Wildman–Crippen LogP) is 2.18. The topological polar surface area (TPSA) is 47.0 Å². The highest BCUT2D eigenvalue weighted by Gasteiger charge is 2.33. The van der Waals surface area contributed by atoms with Gasteiger partial charge < -0.3 is 10.1 Å². The molecule has 94 valence electrons. The summed E-state index contributed by atoms with van der Waals surface area (Å²) in [6.45, 7) is 2.32. The van der Waals surface area contributed by atoms with Gasteiger partial charge in [-0.25, -0.2) is 4.98 Å². The molecule has 1 heterocycles. The van der Waals surface area contributed by atoms with Gasteiger partial charge in [-0.2, -0.15) is 0 Å². The summed E-state index contributed by atoms with van der Waals surface area (Å²) in [6.07, 6.45) is 7.29. The average molecular weight is 235 g/mol. The van der Waals surface area contributed by atoms with Crippen LogP contribution in [0.1, 0.15) is 37.9 Å². The van der Waals surface area contributed by atoms with E-state index in [9.17, 15) is 0 Å². The van der Waals surface area contributed by atoms with Crippen molar-refractivity contribution in [2.75, 3.05) is 14.2 Å². The van der Waals surface area contributed by atoms with Crippen LogP contribution in [0.15, 0.2) is 12.4 Å². The lowest BCUT2D eigenvalue weighted by Crippen LogP contribution is -2.28. The molecule has 1 saturated carbocycles. The zero-order valence-corrected chi connectivity index (χ0v) is 10.8. The van der Waals surface area contributed by atoms with Gasteiger partial charge in [0.15, 0.2) is 0 Å². The first-order chi connectivity index (χ1) is 8.27. The summed E-state index contributed by atoms with van der Waals surface area (Å²) in [4.78, 5) is 8.69. The molecular weight excluding hydrogens is 214 g/mol. The van der Waals surface area contributed by atoms with E-state index in [1.54, 1.807) is 19.5 Å². The molecule has 4 nitrogen and oxygen atoms in total. The van der Waals surface area contributed by atoms with Gasteiger partial charge in [0.1, 0.15) is 5.69 Å². The zero-order chi connectivity index (χ0) is 12.3. The second-order valence-electron chi connectivity index (χ2n) is 4.79. The molecule has 0 saturated heterocycles. The summed E-state index contributed by atoms with van der Waals surface area (Å²) in [5.74, 6) is 2.01. The number of nitrogens with zero attached hydrogens (tertiary/aromatic N) is 2. The van der Waals surface area contributed by atoms with Gasteiger partial charge in [-0.1, -0.05) is 19.8 Å². The van der Waals surface area contributed by atoms with E-state index in [4.69, 9.17) is 4.74 Å². The van der Waals surface area contributed by atoms with Crippen LogP contribution in [0.3, 0.4) is 0 Å². The van der Waals surface area contributed by atoms with E-state index < -0.39 is 0 Å². The molecule has 3 unspecified atom stereocenters. The predicted molar refractivity (Wildman–Crippen MR) is 66.9 cm³/mol. The van der Waals surface area contributed by atoms with Crippen molar-refractivity contribution in [3.05, 3.63) is 18.1 Å². The molecule has 1 aliphatic rings. The molecule has 0 spiro atoms. The van der Waals surface area contributed by atoms with Crippen LogP contribution in [0, 0.1) is 11.8 Å². The van der Waals surface area contributed by atoms with Gasteiger partial charge >= 0.3 is 0 Å². The molecule has 4 heteroatoms. The highest BCUT2D eigenvalue weighted by atomic mass is 16.5. The third kappa shape index (κ3) is 2.41. The van der Waals surface area contributed by atoms with Crippen molar-refractivity contribution < 1.29 is 4.74 Å². The van der Waals surface area contributed by atoms with Gasteiger partial charge in [0.05, 0.1) is 13.2 Å². The molecule has 1 aromatic heterocycles. The maximum atomic E-state index is 5.31. The summed E-state index contributed by atoms with van der Waals surface area (Å²) in [7, 11) is 3.64. The van der Waals surface area contributed by atoms with Crippen molar-refractivity contribution >= 4 is 0 Å². The molecule has 3 atom stereocenters. The van der Waals surface area contributed by atoms with Crippen LogP contribution in [0.2, 0.25) is 0 Å². The van der Waals surface area contributed by atoms with Crippen LogP contribution in [0.4, 0.5) is 0 Å². The van der Waals surface area contributed by atoms with Gasteiger partial charge in [-0.15, -0.1) is 0 Å². The van der Waals surface area contributed by atoms with Crippen molar-refractivity contribution in [1.29, 1.82) is 0 Å². The molecule has 17 heavy (non-hydrogen) atoms. The number of rotatable bonds is 4. The highest BCUT2D eigenvalue weighted by molar-refractivity contribution is 5.22. The summed E-state index contributed by atoms with van der Waals surface area (Å²) in [6, 6.07) is 0.246. The van der Waals surface area contributed by atoms with Crippen LogP contribution in [0.25, 0.3) is 0 Å². The lowest BCUT2D eigenvalue weighted by Gasteiger charge is -2.26. The molecule has 2 rings (SSSR count). The van der Waals surface area contributed by atoms with Crippen LogP contribution in [-0.2, 0) is 0 Å². The minimum Gasteiger partial charge on any atom is -0.480 e. The van der Waals surface area contributed by atoms with E-state index >= 15 is 0 Å². The third-order valence-corrected chi connectivity index (χ3v) is 3.85. The van der Waals surface area contributed by atoms with Gasteiger partial charge in [-0.3, -0.25) is 4.98 Å².